The van der Waals surface area contributed by atoms with Crippen molar-refractivity contribution >= 4 is 23.6 Å². The standard InChI is InChI=1S/C14H24N4O6/c1-6(19)15-5-10-11(16-7(2)20)12(17-8(3)21)13(14(23)24-10)18-9(4)22/h10-14,23H,5H2,1-4H3,(H,15,19)(H,16,20)(H,17,21)(H,18,22)/t10-,11-,12+,13-,14+/m1/s1. The zero-order valence-corrected chi connectivity index (χ0v) is 14.1. The van der Waals surface area contributed by atoms with E-state index in [1.807, 2.05) is 0 Å². The number of aliphatic hydroxyl groups excluding tert-OH is 1. The Morgan fingerprint density at radius 1 is 0.792 bits per heavy atom. The Morgan fingerprint density at radius 3 is 1.71 bits per heavy atom. The van der Waals surface area contributed by atoms with Crippen LogP contribution in [0.25, 0.3) is 0 Å². The van der Waals surface area contributed by atoms with Crippen molar-refractivity contribution in [2.75, 3.05) is 6.54 Å². The quantitative estimate of drug-likeness (QED) is 0.368. The number of carbonyl (C=O) groups is 4. The first-order chi connectivity index (χ1) is 11.1. The van der Waals surface area contributed by atoms with Gasteiger partial charge in [0.2, 0.25) is 23.6 Å². The molecule has 0 spiro atoms. The van der Waals surface area contributed by atoms with Crippen LogP contribution in [-0.4, -0.2) is 65.8 Å². The predicted molar refractivity (Wildman–Crippen MR) is 82.4 cm³/mol. The molecule has 0 unspecified atom stereocenters. The lowest BCUT2D eigenvalue weighted by Crippen LogP contribution is -2.73. The van der Waals surface area contributed by atoms with Crippen LogP contribution < -0.4 is 21.3 Å². The van der Waals surface area contributed by atoms with Gasteiger partial charge in [0.25, 0.3) is 0 Å². The van der Waals surface area contributed by atoms with Crippen molar-refractivity contribution in [2.45, 2.75) is 58.2 Å². The van der Waals surface area contributed by atoms with Crippen molar-refractivity contribution in [3.05, 3.63) is 0 Å². The second-order valence-electron chi connectivity index (χ2n) is 5.68. The lowest BCUT2D eigenvalue weighted by Gasteiger charge is -2.45. The summed E-state index contributed by atoms with van der Waals surface area (Å²) in [7, 11) is 0. The maximum atomic E-state index is 11.5. The van der Waals surface area contributed by atoms with Crippen LogP contribution in [0.1, 0.15) is 27.7 Å². The molecule has 4 amide bonds. The third-order valence-electron chi connectivity index (χ3n) is 3.46. The average molecular weight is 344 g/mol. The topological polar surface area (TPSA) is 146 Å². The Hall–Kier alpha value is -2.20. The zero-order valence-electron chi connectivity index (χ0n) is 14.1. The first-order valence-corrected chi connectivity index (χ1v) is 7.51. The van der Waals surface area contributed by atoms with Crippen LogP contribution in [0, 0.1) is 0 Å². The summed E-state index contributed by atoms with van der Waals surface area (Å²) < 4.78 is 5.44. The summed E-state index contributed by atoms with van der Waals surface area (Å²) in [5.41, 5.74) is 0. The van der Waals surface area contributed by atoms with E-state index in [4.69, 9.17) is 4.74 Å². The fraction of sp³-hybridized carbons (Fsp3) is 0.714. The lowest BCUT2D eigenvalue weighted by molar-refractivity contribution is -0.197. The molecule has 1 aliphatic rings. The molecule has 0 aliphatic carbocycles. The van der Waals surface area contributed by atoms with Crippen LogP contribution in [-0.2, 0) is 23.9 Å². The Balaban J connectivity index is 3.11. The molecule has 1 saturated heterocycles. The molecule has 0 saturated carbocycles. The van der Waals surface area contributed by atoms with Crippen LogP contribution in [0.2, 0.25) is 0 Å². The molecule has 1 rings (SSSR count). The number of nitrogens with one attached hydrogen (secondary N) is 4. The van der Waals surface area contributed by atoms with E-state index in [-0.39, 0.29) is 18.4 Å². The van der Waals surface area contributed by atoms with Gasteiger partial charge < -0.3 is 31.1 Å². The molecule has 1 aliphatic heterocycles. The number of amides is 4. The summed E-state index contributed by atoms with van der Waals surface area (Å²) in [6.07, 6.45) is -2.22. The molecular weight excluding hydrogens is 320 g/mol. The number of aliphatic hydroxyl groups is 1. The molecule has 1 heterocycles. The van der Waals surface area contributed by atoms with Crippen LogP contribution in [0.15, 0.2) is 0 Å². The smallest absolute Gasteiger partial charge is 0.217 e. The minimum absolute atomic E-state index is 0.0141. The normalized spacial score (nSPS) is 29.3. The van der Waals surface area contributed by atoms with Gasteiger partial charge in [-0.1, -0.05) is 0 Å². The molecule has 0 aromatic carbocycles. The van der Waals surface area contributed by atoms with Crippen molar-refractivity contribution in [1.82, 2.24) is 21.3 Å². The minimum atomic E-state index is -1.42. The second-order valence-corrected chi connectivity index (χ2v) is 5.68. The lowest BCUT2D eigenvalue weighted by atomic mass is 9.90. The maximum Gasteiger partial charge on any atom is 0.217 e. The average Bonchev–Trinajstić information content (AvgIpc) is 2.42. The Kier molecular flexibility index (Phi) is 7.11. The third-order valence-corrected chi connectivity index (χ3v) is 3.46. The number of rotatable bonds is 5. The minimum Gasteiger partial charge on any atom is -0.366 e. The molecule has 10 nitrogen and oxygen atoms in total. The van der Waals surface area contributed by atoms with Crippen molar-refractivity contribution in [2.24, 2.45) is 0 Å². The molecule has 0 bridgehead atoms. The molecule has 0 aromatic heterocycles. The number of hydrogen-bond acceptors (Lipinski definition) is 6. The molecule has 0 radical (unpaired) electrons. The molecule has 5 N–H and O–H groups in total. The van der Waals surface area contributed by atoms with Crippen molar-refractivity contribution < 1.29 is 29.0 Å². The van der Waals surface area contributed by atoms with E-state index in [0.717, 1.165) is 0 Å². The monoisotopic (exact) mass is 344 g/mol. The highest BCUT2D eigenvalue weighted by atomic mass is 16.6. The van der Waals surface area contributed by atoms with E-state index in [1.54, 1.807) is 0 Å². The molecule has 10 heteroatoms. The Morgan fingerprint density at radius 2 is 1.25 bits per heavy atom. The summed E-state index contributed by atoms with van der Waals surface area (Å²) in [5, 5.41) is 20.5. The van der Waals surface area contributed by atoms with Gasteiger partial charge in [0.1, 0.15) is 12.1 Å². The van der Waals surface area contributed by atoms with Gasteiger partial charge in [-0.3, -0.25) is 19.2 Å². The molecule has 5 atom stereocenters. The van der Waals surface area contributed by atoms with Crippen LogP contribution >= 0.6 is 0 Å². The number of ether oxygens (including phenoxy) is 1. The van der Waals surface area contributed by atoms with Gasteiger partial charge in [-0.25, -0.2) is 0 Å². The fourth-order valence-electron chi connectivity index (χ4n) is 2.63. The predicted octanol–water partition coefficient (Wildman–Crippen LogP) is -2.65. The van der Waals surface area contributed by atoms with Gasteiger partial charge in [0, 0.05) is 34.2 Å². The van der Waals surface area contributed by atoms with E-state index in [2.05, 4.69) is 21.3 Å². The van der Waals surface area contributed by atoms with Crippen LogP contribution in [0.4, 0.5) is 0 Å². The molecular formula is C14H24N4O6. The van der Waals surface area contributed by atoms with E-state index in [0.29, 0.717) is 0 Å². The summed E-state index contributed by atoms with van der Waals surface area (Å²) >= 11 is 0. The molecule has 24 heavy (non-hydrogen) atoms. The third kappa shape index (κ3) is 5.78. The van der Waals surface area contributed by atoms with Gasteiger partial charge >= 0.3 is 0 Å². The largest absolute Gasteiger partial charge is 0.366 e. The van der Waals surface area contributed by atoms with Crippen LogP contribution in [0.5, 0.6) is 0 Å². The maximum absolute atomic E-state index is 11.5. The molecule has 136 valence electrons. The highest BCUT2D eigenvalue weighted by Crippen LogP contribution is 2.20. The van der Waals surface area contributed by atoms with E-state index >= 15 is 0 Å². The van der Waals surface area contributed by atoms with Gasteiger partial charge in [-0.15, -0.1) is 0 Å². The first-order valence-electron chi connectivity index (χ1n) is 7.51. The SMILES string of the molecule is CC(=O)NC[C@H]1O[C@H](O)[C@H](NC(C)=O)[C@@H](NC(C)=O)[C@@H]1NC(C)=O. The fourth-order valence-corrected chi connectivity index (χ4v) is 2.63. The van der Waals surface area contributed by atoms with Crippen molar-refractivity contribution in [1.29, 1.82) is 0 Å². The molecule has 0 aromatic rings. The van der Waals surface area contributed by atoms with Crippen molar-refractivity contribution in [3.63, 3.8) is 0 Å². The number of carbonyl (C=O) groups excluding carboxylic acids is 4. The second kappa shape index (κ2) is 8.60. The van der Waals surface area contributed by atoms with Gasteiger partial charge in [-0.05, 0) is 0 Å². The van der Waals surface area contributed by atoms with Crippen LogP contribution in [0.3, 0.4) is 0 Å². The van der Waals surface area contributed by atoms with Gasteiger partial charge in [0.15, 0.2) is 6.29 Å². The Labute approximate surface area is 139 Å². The summed E-state index contributed by atoms with van der Waals surface area (Å²) in [5.74, 6) is -1.53. The number of hydrogen-bond donors (Lipinski definition) is 5. The molecule has 1 fully saturated rings. The van der Waals surface area contributed by atoms with E-state index in [9.17, 15) is 24.3 Å². The summed E-state index contributed by atoms with van der Waals surface area (Å²) in [6.45, 7) is 5.16. The summed E-state index contributed by atoms with van der Waals surface area (Å²) in [4.78, 5) is 45.5. The zero-order chi connectivity index (χ0) is 18.4. The van der Waals surface area contributed by atoms with Gasteiger partial charge in [0.05, 0.1) is 12.1 Å². The highest BCUT2D eigenvalue weighted by Gasteiger charge is 2.46. The van der Waals surface area contributed by atoms with Gasteiger partial charge in [-0.2, -0.15) is 0 Å². The van der Waals surface area contributed by atoms with Crippen molar-refractivity contribution in [3.8, 4) is 0 Å². The highest BCUT2D eigenvalue weighted by molar-refractivity contribution is 5.76. The van der Waals surface area contributed by atoms with E-state index in [1.165, 1.54) is 27.7 Å². The first kappa shape index (κ1) is 19.8. The summed E-state index contributed by atoms with van der Waals surface area (Å²) in [6, 6.07) is -2.55. The van der Waals surface area contributed by atoms with E-state index < -0.39 is 42.3 Å². The Bertz CT molecular complexity index is 511.